The third-order valence-corrected chi connectivity index (χ3v) is 5.91. The fourth-order valence-corrected chi connectivity index (χ4v) is 5.32. The van der Waals surface area contributed by atoms with Gasteiger partial charge in [-0.15, -0.1) is 0 Å². The molecule has 90 valence electrons. The van der Waals surface area contributed by atoms with Crippen LogP contribution in [0.25, 0.3) is 0 Å². The molecule has 0 saturated heterocycles. The van der Waals surface area contributed by atoms with Gasteiger partial charge in [-0.3, -0.25) is 0 Å². The van der Waals surface area contributed by atoms with Crippen LogP contribution in [0.3, 0.4) is 0 Å². The minimum Gasteiger partial charge on any atom is -0.0622 e. The maximum absolute atomic E-state index is 2.36. The molecule has 0 heterocycles. The molecular weight excluding hydrogens is 204 g/mol. The first-order valence-electron chi connectivity index (χ1n) is 7.48. The lowest BCUT2D eigenvalue weighted by molar-refractivity contribution is 0.142. The van der Waals surface area contributed by atoms with Gasteiger partial charge in [-0.1, -0.05) is 43.2 Å². The van der Waals surface area contributed by atoms with Crippen LogP contribution in [0.1, 0.15) is 50.0 Å². The van der Waals surface area contributed by atoms with Crippen molar-refractivity contribution in [1.29, 1.82) is 0 Å². The zero-order chi connectivity index (χ0) is 11.2. The molecule has 5 atom stereocenters. The summed E-state index contributed by atoms with van der Waals surface area (Å²) in [6, 6.07) is 11.3. The van der Waals surface area contributed by atoms with Gasteiger partial charge < -0.3 is 0 Å². The fraction of sp³-hybridized carbons (Fsp3) is 0.647. The average Bonchev–Trinajstić information content (AvgIpc) is 2.99. The van der Waals surface area contributed by atoms with E-state index in [1.807, 2.05) is 0 Å². The minimum absolute atomic E-state index is 0.903. The van der Waals surface area contributed by atoms with Crippen LogP contribution >= 0.6 is 0 Å². The maximum atomic E-state index is 2.36. The maximum Gasteiger partial charge on any atom is -0.0128 e. The Bertz CT molecular complexity index is 394. The van der Waals surface area contributed by atoms with E-state index >= 15 is 0 Å². The van der Waals surface area contributed by atoms with Crippen molar-refractivity contribution >= 4 is 0 Å². The Balaban J connectivity index is 1.62. The Kier molecular flexibility index (Phi) is 2.31. The Hall–Kier alpha value is -0.780. The van der Waals surface area contributed by atoms with Crippen molar-refractivity contribution in [1.82, 2.24) is 0 Å². The van der Waals surface area contributed by atoms with E-state index in [-0.39, 0.29) is 0 Å². The average molecular weight is 226 g/mol. The van der Waals surface area contributed by atoms with E-state index in [2.05, 4.69) is 30.3 Å². The topological polar surface area (TPSA) is 0 Å². The van der Waals surface area contributed by atoms with Crippen molar-refractivity contribution in [3.05, 3.63) is 35.9 Å². The first kappa shape index (κ1) is 10.2. The molecule has 3 aliphatic carbocycles. The van der Waals surface area contributed by atoms with E-state index in [9.17, 15) is 0 Å². The normalized spacial score (nSPS) is 43.6. The summed E-state index contributed by atoms with van der Waals surface area (Å²) in [6.07, 6.45) is 9.15. The number of hydrogen-bond donors (Lipinski definition) is 0. The summed E-state index contributed by atoms with van der Waals surface area (Å²) in [6.45, 7) is 0. The van der Waals surface area contributed by atoms with Gasteiger partial charge in [0.05, 0.1) is 0 Å². The summed E-state index contributed by atoms with van der Waals surface area (Å²) in [5.74, 6) is 5.23. The molecule has 0 radical (unpaired) electrons. The van der Waals surface area contributed by atoms with Gasteiger partial charge >= 0.3 is 0 Å². The second-order valence-electron chi connectivity index (χ2n) is 6.52. The van der Waals surface area contributed by atoms with Crippen LogP contribution in [0, 0.1) is 23.7 Å². The highest BCUT2D eigenvalue weighted by atomic mass is 14.6. The lowest BCUT2D eigenvalue weighted by atomic mass is 9.66. The van der Waals surface area contributed by atoms with Crippen molar-refractivity contribution in [3.8, 4) is 0 Å². The van der Waals surface area contributed by atoms with Crippen LogP contribution in [0.4, 0.5) is 0 Å². The first-order valence-corrected chi connectivity index (χ1v) is 7.48. The number of benzene rings is 1. The van der Waals surface area contributed by atoms with E-state index < -0.39 is 0 Å². The summed E-state index contributed by atoms with van der Waals surface area (Å²) in [4.78, 5) is 0. The molecule has 3 aliphatic rings. The number of hydrogen-bond acceptors (Lipinski definition) is 0. The van der Waals surface area contributed by atoms with Crippen molar-refractivity contribution in [2.24, 2.45) is 23.7 Å². The zero-order valence-electron chi connectivity index (χ0n) is 10.5. The second kappa shape index (κ2) is 3.86. The number of rotatable bonds is 1. The van der Waals surface area contributed by atoms with Crippen LogP contribution < -0.4 is 0 Å². The van der Waals surface area contributed by atoms with Crippen molar-refractivity contribution in [2.45, 2.75) is 44.4 Å². The van der Waals surface area contributed by atoms with E-state index in [4.69, 9.17) is 0 Å². The van der Waals surface area contributed by atoms with Gasteiger partial charge in [-0.05, 0) is 60.8 Å². The zero-order valence-corrected chi connectivity index (χ0v) is 10.5. The smallest absolute Gasteiger partial charge is 0.0128 e. The van der Waals surface area contributed by atoms with Gasteiger partial charge in [-0.2, -0.15) is 0 Å². The lowest BCUT2D eigenvalue weighted by Crippen LogP contribution is -2.29. The number of fused-ring (bicyclic) bond motifs is 5. The first-order chi connectivity index (χ1) is 8.43. The molecule has 0 aromatic heterocycles. The molecule has 1 aromatic carbocycles. The van der Waals surface area contributed by atoms with Gasteiger partial charge in [0, 0.05) is 0 Å². The van der Waals surface area contributed by atoms with Crippen LogP contribution in [-0.4, -0.2) is 0 Å². The Morgan fingerprint density at radius 3 is 2.35 bits per heavy atom. The Morgan fingerprint density at radius 2 is 1.53 bits per heavy atom. The monoisotopic (exact) mass is 226 g/mol. The second-order valence-corrected chi connectivity index (χ2v) is 6.52. The van der Waals surface area contributed by atoms with Crippen LogP contribution in [0.15, 0.2) is 30.3 Å². The highest BCUT2D eigenvalue weighted by Gasteiger charge is 2.52. The molecule has 0 aliphatic heterocycles. The van der Waals surface area contributed by atoms with Crippen molar-refractivity contribution in [3.63, 3.8) is 0 Å². The predicted octanol–water partition coefficient (Wildman–Crippen LogP) is 4.62. The molecule has 1 aromatic rings. The molecule has 3 fully saturated rings. The predicted molar refractivity (Wildman–Crippen MR) is 70.8 cm³/mol. The van der Waals surface area contributed by atoms with E-state index in [1.54, 1.807) is 18.4 Å². The van der Waals surface area contributed by atoms with E-state index in [1.165, 1.54) is 25.7 Å². The van der Waals surface area contributed by atoms with E-state index in [0.717, 1.165) is 29.6 Å². The summed E-state index contributed by atoms with van der Waals surface area (Å²) in [5, 5.41) is 0. The molecule has 3 unspecified atom stereocenters. The molecule has 2 bridgehead atoms. The van der Waals surface area contributed by atoms with Gasteiger partial charge in [0.1, 0.15) is 0 Å². The molecule has 17 heavy (non-hydrogen) atoms. The minimum atomic E-state index is 0.903. The molecule has 0 N–H and O–H groups in total. The molecule has 0 amide bonds. The summed E-state index contributed by atoms with van der Waals surface area (Å²) in [5.41, 5.74) is 1.63. The molecule has 3 saturated carbocycles. The standard InChI is InChI=1S/C17H22/c1-2-6-12(7-3-1)16-10-13-11-17(16)15-9-5-4-8-14(13)15/h1-3,6-7,13-17H,4-5,8-11H2/t13?,14-,15-,16?,17?/m1/s1. The Morgan fingerprint density at radius 1 is 0.765 bits per heavy atom. The highest BCUT2D eigenvalue weighted by Crippen LogP contribution is 2.62. The summed E-state index contributed by atoms with van der Waals surface area (Å²) < 4.78 is 0. The SMILES string of the molecule is c1ccc(C2CC3CC2[C@@H]2CCCC[C@H]32)cc1. The lowest BCUT2D eigenvalue weighted by Gasteiger charge is -2.39. The molecule has 4 rings (SSSR count). The van der Waals surface area contributed by atoms with Crippen LogP contribution in [0.5, 0.6) is 0 Å². The summed E-state index contributed by atoms with van der Waals surface area (Å²) in [7, 11) is 0. The third-order valence-electron chi connectivity index (χ3n) is 5.91. The Labute approximate surface area is 104 Å². The highest BCUT2D eigenvalue weighted by molar-refractivity contribution is 5.24. The summed E-state index contributed by atoms with van der Waals surface area (Å²) >= 11 is 0. The van der Waals surface area contributed by atoms with Gasteiger partial charge in [0.25, 0.3) is 0 Å². The van der Waals surface area contributed by atoms with Gasteiger partial charge in [0.2, 0.25) is 0 Å². The third kappa shape index (κ3) is 1.49. The van der Waals surface area contributed by atoms with Crippen LogP contribution in [0.2, 0.25) is 0 Å². The van der Waals surface area contributed by atoms with Gasteiger partial charge in [-0.25, -0.2) is 0 Å². The van der Waals surface area contributed by atoms with Crippen molar-refractivity contribution in [2.75, 3.05) is 0 Å². The van der Waals surface area contributed by atoms with Crippen LogP contribution in [-0.2, 0) is 0 Å². The largest absolute Gasteiger partial charge is 0.0622 e. The fourth-order valence-electron chi connectivity index (χ4n) is 5.32. The molecular formula is C17H22. The van der Waals surface area contributed by atoms with Gasteiger partial charge in [0.15, 0.2) is 0 Å². The van der Waals surface area contributed by atoms with E-state index in [0.29, 0.717) is 0 Å². The van der Waals surface area contributed by atoms with Crippen molar-refractivity contribution < 1.29 is 0 Å². The molecule has 0 nitrogen and oxygen atoms in total. The molecule has 0 heteroatoms. The quantitative estimate of drug-likeness (QED) is 0.655. The molecule has 0 spiro atoms.